The van der Waals surface area contributed by atoms with E-state index in [0.29, 0.717) is 13.1 Å². The predicted octanol–water partition coefficient (Wildman–Crippen LogP) is -2.16. The third-order valence-corrected chi connectivity index (χ3v) is 2.94. The van der Waals surface area contributed by atoms with Gasteiger partial charge in [-0.3, -0.25) is 4.90 Å². The van der Waals surface area contributed by atoms with E-state index < -0.39 is 24.5 Å². The van der Waals surface area contributed by atoms with Crippen LogP contribution < -0.4 is 5.32 Å². The van der Waals surface area contributed by atoms with Crippen LogP contribution in [-0.4, -0.2) is 70.5 Å². The van der Waals surface area contributed by atoms with E-state index in [1.54, 1.807) is 0 Å². The standard InChI is InChI=1S/C9H16N2O5/c12-4-5-6(13)7(14)8(16-5)11-3-1-2-10-9(11)15/h5-8,12-14H,1-4H2,(H,10,15)/t5-,6+,7+,8+/m0/s1. The molecule has 2 saturated heterocycles. The number of hydrogen-bond acceptors (Lipinski definition) is 5. The molecule has 2 aliphatic rings. The second kappa shape index (κ2) is 4.54. The van der Waals surface area contributed by atoms with Gasteiger partial charge in [0.1, 0.15) is 18.3 Å². The maximum absolute atomic E-state index is 11.5. The first-order valence-corrected chi connectivity index (χ1v) is 5.32. The van der Waals surface area contributed by atoms with E-state index in [4.69, 9.17) is 9.84 Å². The van der Waals surface area contributed by atoms with Crippen LogP contribution in [0.15, 0.2) is 0 Å². The van der Waals surface area contributed by atoms with Gasteiger partial charge in [0.2, 0.25) is 0 Å². The summed E-state index contributed by atoms with van der Waals surface area (Å²) in [7, 11) is 0. The Balaban J connectivity index is 2.06. The van der Waals surface area contributed by atoms with Gasteiger partial charge < -0.3 is 25.4 Å². The molecule has 0 unspecified atom stereocenters. The molecule has 16 heavy (non-hydrogen) atoms. The summed E-state index contributed by atoms with van der Waals surface area (Å²) in [4.78, 5) is 12.8. The Morgan fingerprint density at radius 1 is 1.44 bits per heavy atom. The molecule has 7 nitrogen and oxygen atoms in total. The van der Waals surface area contributed by atoms with Crippen molar-refractivity contribution in [2.75, 3.05) is 19.7 Å². The van der Waals surface area contributed by atoms with Crippen LogP contribution in [0.25, 0.3) is 0 Å². The highest BCUT2D eigenvalue weighted by Gasteiger charge is 2.46. The number of carbonyl (C=O) groups is 1. The zero-order valence-electron chi connectivity index (χ0n) is 8.74. The molecule has 2 amide bonds. The lowest BCUT2D eigenvalue weighted by Crippen LogP contribution is -2.54. The molecule has 0 aromatic heterocycles. The van der Waals surface area contributed by atoms with Gasteiger partial charge in [0.05, 0.1) is 6.61 Å². The van der Waals surface area contributed by atoms with Gasteiger partial charge in [0, 0.05) is 13.1 Å². The second-order valence-electron chi connectivity index (χ2n) is 4.01. The number of amides is 2. The lowest BCUT2D eigenvalue weighted by atomic mass is 10.1. The summed E-state index contributed by atoms with van der Waals surface area (Å²) in [6.45, 7) is 0.687. The van der Waals surface area contributed by atoms with Crippen LogP contribution >= 0.6 is 0 Å². The molecule has 2 aliphatic heterocycles. The molecule has 0 aromatic rings. The summed E-state index contributed by atoms with van der Waals surface area (Å²) in [5.74, 6) is 0. The highest BCUT2D eigenvalue weighted by molar-refractivity contribution is 5.75. The van der Waals surface area contributed by atoms with Gasteiger partial charge in [-0.1, -0.05) is 0 Å². The Bertz CT molecular complexity index is 275. The van der Waals surface area contributed by atoms with Crippen molar-refractivity contribution < 1.29 is 24.9 Å². The van der Waals surface area contributed by atoms with Gasteiger partial charge in [-0.25, -0.2) is 4.79 Å². The minimum absolute atomic E-state index is 0.318. The Morgan fingerprint density at radius 2 is 2.19 bits per heavy atom. The lowest BCUT2D eigenvalue weighted by Gasteiger charge is -2.33. The van der Waals surface area contributed by atoms with Crippen molar-refractivity contribution in [3.63, 3.8) is 0 Å². The number of nitrogens with one attached hydrogen (secondary N) is 1. The van der Waals surface area contributed by atoms with Crippen LogP contribution in [0.4, 0.5) is 4.79 Å². The van der Waals surface area contributed by atoms with Crippen LogP contribution in [0.5, 0.6) is 0 Å². The van der Waals surface area contributed by atoms with E-state index in [-0.39, 0.29) is 12.6 Å². The van der Waals surface area contributed by atoms with Gasteiger partial charge in [0.15, 0.2) is 6.23 Å². The molecule has 2 heterocycles. The average Bonchev–Trinajstić information content (AvgIpc) is 2.57. The number of urea groups is 1. The van der Waals surface area contributed by atoms with Crippen LogP contribution in [0.3, 0.4) is 0 Å². The predicted molar refractivity (Wildman–Crippen MR) is 52.5 cm³/mol. The summed E-state index contributed by atoms with van der Waals surface area (Å²) in [5, 5.41) is 30.8. The van der Waals surface area contributed by atoms with E-state index in [1.165, 1.54) is 4.90 Å². The zero-order valence-corrected chi connectivity index (χ0v) is 8.74. The lowest BCUT2D eigenvalue weighted by molar-refractivity contribution is -0.0818. The summed E-state index contributed by atoms with van der Waals surface area (Å²) < 4.78 is 5.26. The molecule has 4 N–H and O–H groups in total. The zero-order chi connectivity index (χ0) is 11.7. The first-order valence-electron chi connectivity index (χ1n) is 5.32. The van der Waals surface area contributed by atoms with E-state index in [9.17, 15) is 15.0 Å². The third kappa shape index (κ3) is 1.86. The maximum atomic E-state index is 11.5. The van der Waals surface area contributed by atoms with E-state index >= 15 is 0 Å². The number of nitrogens with zero attached hydrogens (tertiary/aromatic N) is 1. The number of ether oxygens (including phenoxy) is 1. The van der Waals surface area contributed by atoms with Crippen molar-refractivity contribution in [3.05, 3.63) is 0 Å². The SMILES string of the molecule is O=C1NCCCN1[C@@H]1O[C@@H](CO)[C@@H](O)[C@H]1O. The topological polar surface area (TPSA) is 102 Å². The summed E-state index contributed by atoms with van der Waals surface area (Å²) >= 11 is 0. The van der Waals surface area contributed by atoms with Crippen LogP contribution in [0.2, 0.25) is 0 Å². The molecule has 0 saturated carbocycles. The molecule has 4 atom stereocenters. The molecular weight excluding hydrogens is 216 g/mol. The Labute approximate surface area is 92.6 Å². The summed E-state index contributed by atoms with van der Waals surface area (Å²) in [6.07, 6.45) is -3.30. The van der Waals surface area contributed by atoms with Crippen LogP contribution in [-0.2, 0) is 4.74 Å². The molecule has 0 spiro atoms. The first kappa shape index (κ1) is 11.6. The van der Waals surface area contributed by atoms with Crippen LogP contribution in [0.1, 0.15) is 6.42 Å². The molecule has 2 fully saturated rings. The number of hydrogen-bond donors (Lipinski definition) is 4. The minimum Gasteiger partial charge on any atom is -0.394 e. The fraction of sp³-hybridized carbons (Fsp3) is 0.889. The van der Waals surface area contributed by atoms with E-state index in [1.807, 2.05) is 0 Å². The van der Waals surface area contributed by atoms with Crippen molar-refractivity contribution in [3.8, 4) is 0 Å². The highest BCUT2D eigenvalue weighted by atomic mass is 16.6. The second-order valence-corrected chi connectivity index (χ2v) is 4.01. The van der Waals surface area contributed by atoms with Gasteiger partial charge in [0.25, 0.3) is 0 Å². The summed E-state index contributed by atoms with van der Waals surface area (Å²) in [5.41, 5.74) is 0. The minimum atomic E-state index is -1.18. The van der Waals surface area contributed by atoms with E-state index in [2.05, 4.69) is 5.32 Å². The molecule has 0 aliphatic carbocycles. The number of rotatable bonds is 2. The normalized spacial score (nSPS) is 39.9. The Kier molecular flexibility index (Phi) is 3.29. The van der Waals surface area contributed by atoms with Gasteiger partial charge in [-0.05, 0) is 6.42 Å². The smallest absolute Gasteiger partial charge is 0.319 e. The molecular formula is C9H16N2O5. The monoisotopic (exact) mass is 232 g/mol. The fourth-order valence-corrected chi connectivity index (χ4v) is 2.03. The number of aliphatic hydroxyl groups excluding tert-OH is 3. The molecule has 92 valence electrons. The number of aliphatic hydroxyl groups is 3. The Hall–Kier alpha value is -0.890. The third-order valence-electron chi connectivity index (χ3n) is 2.94. The van der Waals surface area contributed by atoms with E-state index in [0.717, 1.165) is 6.42 Å². The molecule has 0 radical (unpaired) electrons. The van der Waals surface area contributed by atoms with Crippen LogP contribution in [0, 0.1) is 0 Å². The number of carbonyl (C=O) groups excluding carboxylic acids is 1. The van der Waals surface area contributed by atoms with Crippen molar-refractivity contribution >= 4 is 6.03 Å². The average molecular weight is 232 g/mol. The molecule has 7 heteroatoms. The fourth-order valence-electron chi connectivity index (χ4n) is 2.03. The van der Waals surface area contributed by atoms with Gasteiger partial charge in [-0.2, -0.15) is 0 Å². The molecule has 2 rings (SSSR count). The van der Waals surface area contributed by atoms with Gasteiger partial charge >= 0.3 is 6.03 Å². The first-order chi connectivity index (χ1) is 7.65. The van der Waals surface area contributed by atoms with Crippen molar-refractivity contribution in [1.82, 2.24) is 10.2 Å². The molecule has 0 bridgehead atoms. The quantitative estimate of drug-likeness (QED) is 0.434. The van der Waals surface area contributed by atoms with Crippen molar-refractivity contribution in [1.29, 1.82) is 0 Å². The highest BCUT2D eigenvalue weighted by Crippen LogP contribution is 2.24. The van der Waals surface area contributed by atoms with Crippen molar-refractivity contribution in [2.24, 2.45) is 0 Å². The van der Waals surface area contributed by atoms with Crippen molar-refractivity contribution in [2.45, 2.75) is 31.0 Å². The summed E-state index contributed by atoms with van der Waals surface area (Å²) in [6, 6.07) is -0.318. The molecule has 0 aromatic carbocycles. The largest absolute Gasteiger partial charge is 0.394 e. The van der Waals surface area contributed by atoms with Gasteiger partial charge in [-0.15, -0.1) is 0 Å². The Morgan fingerprint density at radius 3 is 2.75 bits per heavy atom. The maximum Gasteiger partial charge on any atom is 0.319 e.